The number of hydrogen-bond donors (Lipinski definition) is 1. The number of benzene rings is 1. The van der Waals surface area contributed by atoms with Crippen LogP contribution in [0, 0.1) is 0 Å². The Bertz CT molecular complexity index is 664. The van der Waals surface area contributed by atoms with Crippen LogP contribution in [0.1, 0.15) is 0 Å². The van der Waals surface area contributed by atoms with E-state index in [-0.39, 0.29) is 12.4 Å². The fraction of sp³-hybridized carbons (Fsp3) is 0.154. The van der Waals surface area contributed by atoms with Crippen molar-refractivity contribution in [2.45, 2.75) is 4.90 Å². The monoisotopic (exact) mass is 420 g/mol. The van der Waals surface area contributed by atoms with Gasteiger partial charge in [0.2, 0.25) is 0 Å². The van der Waals surface area contributed by atoms with E-state index in [9.17, 15) is 9.59 Å². The van der Waals surface area contributed by atoms with Crippen molar-refractivity contribution in [1.29, 1.82) is 0 Å². The quantitative estimate of drug-likeness (QED) is 0.567. The molecule has 9 heteroatoms. The van der Waals surface area contributed by atoms with Gasteiger partial charge in [-0.05, 0) is 40.2 Å². The predicted octanol–water partition coefficient (Wildman–Crippen LogP) is 3.83. The largest absolute Gasteiger partial charge is 0.455 e. The van der Waals surface area contributed by atoms with Gasteiger partial charge in [-0.1, -0.05) is 22.9 Å². The average Bonchev–Trinajstić information content (AvgIpc) is 2.89. The number of nitrogens with one attached hydrogen (secondary N) is 1. The number of nitrogens with zero attached hydrogens (tertiary/aromatic N) is 1. The summed E-state index contributed by atoms with van der Waals surface area (Å²) >= 11 is 11.6. The molecule has 116 valence electrons. The van der Waals surface area contributed by atoms with Crippen molar-refractivity contribution in [2.24, 2.45) is 0 Å². The molecular formula is C13H10BrClN2O3S2. The lowest BCUT2D eigenvalue weighted by atomic mass is 10.4. The molecule has 0 saturated heterocycles. The normalized spacial score (nSPS) is 10.3. The van der Waals surface area contributed by atoms with E-state index >= 15 is 0 Å². The highest BCUT2D eigenvalue weighted by molar-refractivity contribution is 9.11. The van der Waals surface area contributed by atoms with Crippen LogP contribution in [0.15, 0.2) is 39.1 Å². The van der Waals surface area contributed by atoms with Crippen LogP contribution in [0.25, 0.3) is 0 Å². The van der Waals surface area contributed by atoms with Gasteiger partial charge in [-0.3, -0.25) is 14.9 Å². The van der Waals surface area contributed by atoms with Crippen LogP contribution in [-0.2, 0) is 14.3 Å². The number of aromatic nitrogens is 1. The molecule has 1 amide bonds. The molecule has 2 rings (SSSR count). The summed E-state index contributed by atoms with van der Waals surface area (Å²) in [6.07, 6.45) is 1.58. The number of hydrogen-bond acceptors (Lipinski definition) is 6. The molecule has 2 aromatic rings. The second-order valence-corrected chi connectivity index (χ2v) is 7.82. The molecule has 1 heterocycles. The lowest BCUT2D eigenvalue weighted by Gasteiger charge is -2.04. The van der Waals surface area contributed by atoms with Crippen molar-refractivity contribution in [3.63, 3.8) is 0 Å². The number of ether oxygens (including phenoxy) is 1. The minimum Gasteiger partial charge on any atom is -0.455 e. The van der Waals surface area contributed by atoms with Crippen molar-refractivity contribution in [1.82, 2.24) is 4.98 Å². The first-order valence-corrected chi connectivity index (χ1v) is 8.95. The van der Waals surface area contributed by atoms with Gasteiger partial charge in [0.1, 0.15) is 0 Å². The summed E-state index contributed by atoms with van der Waals surface area (Å²) in [5, 5.41) is 3.62. The Hall–Kier alpha value is -1.09. The smallest absolute Gasteiger partial charge is 0.316 e. The van der Waals surface area contributed by atoms with E-state index in [0.717, 1.165) is 8.68 Å². The van der Waals surface area contributed by atoms with Crippen molar-refractivity contribution in [2.75, 3.05) is 17.7 Å². The van der Waals surface area contributed by atoms with Crippen LogP contribution in [0.5, 0.6) is 0 Å². The predicted molar refractivity (Wildman–Crippen MR) is 91.6 cm³/mol. The maximum Gasteiger partial charge on any atom is 0.316 e. The summed E-state index contributed by atoms with van der Waals surface area (Å²) in [5.74, 6) is -0.764. The van der Waals surface area contributed by atoms with E-state index in [1.807, 2.05) is 12.1 Å². The van der Waals surface area contributed by atoms with Gasteiger partial charge in [-0.2, -0.15) is 0 Å². The molecule has 0 spiro atoms. The Kier molecular flexibility index (Phi) is 6.69. The second-order valence-electron chi connectivity index (χ2n) is 3.92. The van der Waals surface area contributed by atoms with Gasteiger partial charge in [0.25, 0.3) is 5.91 Å². The summed E-state index contributed by atoms with van der Waals surface area (Å²) in [7, 11) is 0. The molecule has 0 bridgehead atoms. The first-order valence-electron chi connectivity index (χ1n) is 5.98. The molecule has 22 heavy (non-hydrogen) atoms. The molecule has 1 aromatic carbocycles. The number of rotatable bonds is 6. The Morgan fingerprint density at radius 2 is 2.09 bits per heavy atom. The molecule has 0 aliphatic heterocycles. The van der Waals surface area contributed by atoms with Crippen LogP contribution >= 0.6 is 50.6 Å². The first-order chi connectivity index (χ1) is 10.5. The molecule has 0 aliphatic rings. The summed E-state index contributed by atoms with van der Waals surface area (Å²) < 4.78 is 5.70. The van der Waals surface area contributed by atoms with Gasteiger partial charge < -0.3 is 4.74 Å². The molecule has 0 saturated carbocycles. The Balaban J connectivity index is 1.68. The van der Waals surface area contributed by atoms with Crippen LogP contribution in [-0.4, -0.2) is 29.2 Å². The molecule has 0 aliphatic carbocycles. The van der Waals surface area contributed by atoms with E-state index in [1.165, 1.54) is 23.1 Å². The number of carbonyl (C=O) groups is 2. The molecule has 1 N–H and O–H groups in total. The van der Waals surface area contributed by atoms with Gasteiger partial charge in [0.05, 0.1) is 15.7 Å². The number of carbonyl (C=O) groups excluding carboxylic acids is 2. The van der Waals surface area contributed by atoms with E-state index in [0.29, 0.717) is 10.2 Å². The van der Waals surface area contributed by atoms with Crippen LogP contribution < -0.4 is 5.32 Å². The van der Waals surface area contributed by atoms with Crippen molar-refractivity contribution in [3.8, 4) is 0 Å². The number of anilines is 1. The topological polar surface area (TPSA) is 68.3 Å². The molecule has 5 nitrogen and oxygen atoms in total. The number of esters is 1. The SMILES string of the molecule is O=C(COC(=O)CSc1ccc(Cl)cc1)Nc1ncc(Br)s1. The van der Waals surface area contributed by atoms with E-state index in [4.69, 9.17) is 16.3 Å². The van der Waals surface area contributed by atoms with Gasteiger partial charge in [-0.25, -0.2) is 4.98 Å². The molecule has 0 fully saturated rings. The summed E-state index contributed by atoms with van der Waals surface area (Å²) in [5.41, 5.74) is 0. The minimum absolute atomic E-state index is 0.123. The lowest BCUT2D eigenvalue weighted by molar-refractivity contribution is -0.144. The van der Waals surface area contributed by atoms with E-state index in [2.05, 4.69) is 26.2 Å². The maximum atomic E-state index is 11.6. The molecular weight excluding hydrogens is 412 g/mol. The van der Waals surface area contributed by atoms with Crippen molar-refractivity contribution in [3.05, 3.63) is 39.3 Å². The van der Waals surface area contributed by atoms with Gasteiger partial charge in [-0.15, -0.1) is 11.8 Å². The van der Waals surface area contributed by atoms with Gasteiger partial charge >= 0.3 is 5.97 Å². The highest BCUT2D eigenvalue weighted by Gasteiger charge is 2.10. The van der Waals surface area contributed by atoms with Gasteiger partial charge in [0, 0.05) is 9.92 Å². The second kappa shape index (κ2) is 8.52. The van der Waals surface area contributed by atoms with E-state index < -0.39 is 11.9 Å². The Labute approximate surface area is 148 Å². The fourth-order valence-electron chi connectivity index (χ4n) is 1.33. The number of thiazole rings is 1. The fourth-order valence-corrected chi connectivity index (χ4v) is 3.27. The maximum absolute atomic E-state index is 11.6. The molecule has 1 aromatic heterocycles. The minimum atomic E-state index is -0.463. The third kappa shape index (κ3) is 5.96. The summed E-state index contributed by atoms with van der Waals surface area (Å²) in [4.78, 5) is 28.0. The summed E-state index contributed by atoms with van der Waals surface area (Å²) in [6, 6.07) is 7.12. The zero-order valence-electron chi connectivity index (χ0n) is 11.0. The number of thioether (sulfide) groups is 1. The Morgan fingerprint density at radius 1 is 1.36 bits per heavy atom. The van der Waals surface area contributed by atoms with Crippen molar-refractivity contribution >= 4 is 67.6 Å². The number of halogens is 2. The van der Waals surface area contributed by atoms with Gasteiger partial charge in [0.15, 0.2) is 11.7 Å². The van der Waals surface area contributed by atoms with E-state index in [1.54, 1.807) is 18.3 Å². The standard InChI is InChI=1S/C13H10BrClN2O3S2/c14-10-5-16-13(22-10)17-11(18)6-20-12(19)7-21-9-3-1-8(15)2-4-9/h1-5H,6-7H2,(H,16,17,18). The average molecular weight is 422 g/mol. The summed E-state index contributed by atoms with van der Waals surface area (Å²) in [6.45, 7) is -0.336. The Morgan fingerprint density at radius 3 is 2.73 bits per heavy atom. The third-order valence-corrected chi connectivity index (χ3v) is 4.89. The zero-order chi connectivity index (χ0) is 15.9. The lowest BCUT2D eigenvalue weighted by Crippen LogP contribution is -2.21. The highest BCUT2D eigenvalue weighted by atomic mass is 79.9. The van der Waals surface area contributed by atoms with Crippen molar-refractivity contribution < 1.29 is 14.3 Å². The molecule has 0 atom stereocenters. The zero-order valence-corrected chi connectivity index (χ0v) is 15.0. The van der Waals surface area contributed by atoms with Crippen LogP contribution in [0.3, 0.4) is 0 Å². The molecule has 0 unspecified atom stereocenters. The number of amides is 1. The van der Waals surface area contributed by atoms with Crippen LogP contribution in [0.4, 0.5) is 5.13 Å². The molecule has 0 radical (unpaired) electrons. The van der Waals surface area contributed by atoms with Crippen LogP contribution in [0.2, 0.25) is 5.02 Å². The third-order valence-electron chi connectivity index (χ3n) is 2.26. The highest BCUT2D eigenvalue weighted by Crippen LogP contribution is 2.23. The first kappa shape index (κ1) is 17.3.